The van der Waals surface area contributed by atoms with E-state index in [0.717, 1.165) is 22.3 Å². The highest BCUT2D eigenvalue weighted by Gasteiger charge is 2.31. The average molecular weight is 349 g/mol. The van der Waals surface area contributed by atoms with Crippen molar-refractivity contribution >= 4 is 5.91 Å². The van der Waals surface area contributed by atoms with Crippen molar-refractivity contribution in [3.05, 3.63) is 65.2 Å². The van der Waals surface area contributed by atoms with E-state index in [1.54, 1.807) is 0 Å². The molecule has 1 heterocycles. The summed E-state index contributed by atoms with van der Waals surface area (Å²) in [6.45, 7) is 1.96. The maximum absolute atomic E-state index is 12.4. The van der Waals surface area contributed by atoms with E-state index in [0.29, 0.717) is 12.2 Å². The van der Waals surface area contributed by atoms with E-state index in [2.05, 4.69) is 20.7 Å². The third-order valence-electron chi connectivity index (χ3n) is 4.57. The molecule has 132 valence electrons. The van der Waals surface area contributed by atoms with E-state index in [1.165, 1.54) is 4.80 Å². The Labute approximate surface area is 150 Å². The summed E-state index contributed by atoms with van der Waals surface area (Å²) < 4.78 is 0. The maximum atomic E-state index is 12.4. The minimum atomic E-state index is -0.622. The van der Waals surface area contributed by atoms with Gasteiger partial charge in [0.05, 0.1) is 12.1 Å². The molecule has 2 unspecified atom stereocenters. The van der Waals surface area contributed by atoms with E-state index in [4.69, 9.17) is 0 Å². The summed E-state index contributed by atoms with van der Waals surface area (Å²) in [4.78, 5) is 13.6. The summed E-state index contributed by atoms with van der Waals surface area (Å²) in [5.41, 5.74) is 4.02. The number of aliphatic hydroxyl groups excluding tert-OH is 1. The second-order valence-electron chi connectivity index (χ2n) is 6.52. The smallest absolute Gasteiger partial charge is 0.244 e. The molecule has 1 aliphatic rings. The number of tetrazole rings is 1. The van der Waals surface area contributed by atoms with Crippen LogP contribution in [0.5, 0.6) is 0 Å². The Morgan fingerprint density at radius 1 is 1.23 bits per heavy atom. The van der Waals surface area contributed by atoms with E-state index in [-0.39, 0.29) is 12.5 Å². The molecule has 1 amide bonds. The summed E-state index contributed by atoms with van der Waals surface area (Å²) in [6, 6.07) is 15.1. The number of benzene rings is 2. The molecule has 0 bridgehead atoms. The van der Waals surface area contributed by atoms with Crippen LogP contribution in [0.2, 0.25) is 0 Å². The van der Waals surface area contributed by atoms with Gasteiger partial charge >= 0.3 is 0 Å². The fourth-order valence-electron chi connectivity index (χ4n) is 3.22. The predicted octanol–water partition coefficient (Wildman–Crippen LogP) is 1.42. The lowest BCUT2D eigenvalue weighted by Crippen LogP contribution is -2.36. The van der Waals surface area contributed by atoms with Gasteiger partial charge in [0.2, 0.25) is 11.7 Å². The third-order valence-corrected chi connectivity index (χ3v) is 4.57. The van der Waals surface area contributed by atoms with E-state index in [1.807, 2.05) is 55.5 Å². The van der Waals surface area contributed by atoms with Crippen molar-refractivity contribution in [2.75, 3.05) is 0 Å². The molecule has 2 atom stereocenters. The van der Waals surface area contributed by atoms with E-state index < -0.39 is 12.1 Å². The molecule has 3 aromatic rings. The molecule has 2 aromatic carbocycles. The number of nitrogens with zero attached hydrogens (tertiary/aromatic N) is 4. The molecule has 0 spiro atoms. The molecule has 0 radical (unpaired) electrons. The Balaban J connectivity index is 1.44. The second kappa shape index (κ2) is 6.68. The van der Waals surface area contributed by atoms with Crippen molar-refractivity contribution in [2.24, 2.45) is 0 Å². The molecule has 4 rings (SSSR count). The first-order chi connectivity index (χ1) is 12.6. The molecule has 26 heavy (non-hydrogen) atoms. The van der Waals surface area contributed by atoms with Gasteiger partial charge in [-0.1, -0.05) is 54.1 Å². The Bertz CT molecular complexity index is 935. The zero-order chi connectivity index (χ0) is 18.1. The van der Waals surface area contributed by atoms with E-state index >= 15 is 0 Å². The first-order valence-corrected chi connectivity index (χ1v) is 8.50. The minimum Gasteiger partial charge on any atom is -0.390 e. The van der Waals surface area contributed by atoms with Crippen LogP contribution in [-0.4, -0.2) is 37.3 Å². The molecule has 7 heteroatoms. The van der Waals surface area contributed by atoms with Crippen molar-refractivity contribution in [3.8, 4) is 11.4 Å². The Hall–Kier alpha value is -3.06. The van der Waals surface area contributed by atoms with Gasteiger partial charge in [0.15, 0.2) is 0 Å². The number of hydrogen-bond acceptors (Lipinski definition) is 5. The van der Waals surface area contributed by atoms with Crippen LogP contribution in [0.15, 0.2) is 48.5 Å². The van der Waals surface area contributed by atoms with Crippen molar-refractivity contribution in [2.45, 2.75) is 32.0 Å². The number of amides is 1. The van der Waals surface area contributed by atoms with Crippen molar-refractivity contribution in [3.63, 3.8) is 0 Å². The van der Waals surface area contributed by atoms with E-state index in [9.17, 15) is 9.90 Å². The van der Waals surface area contributed by atoms with Gasteiger partial charge < -0.3 is 10.4 Å². The van der Waals surface area contributed by atoms with Crippen LogP contribution < -0.4 is 5.32 Å². The highest BCUT2D eigenvalue weighted by Crippen LogP contribution is 2.31. The highest BCUT2D eigenvalue weighted by molar-refractivity contribution is 5.76. The van der Waals surface area contributed by atoms with Crippen LogP contribution in [0.3, 0.4) is 0 Å². The summed E-state index contributed by atoms with van der Waals surface area (Å²) in [5.74, 6) is 0.211. The van der Waals surface area contributed by atoms with Gasteiger partial charge in [-0.25, -0.2) is 0 Å². The largest absolute Gasteiger partial charge is 0.390 e. The van der Waals surface area contributed by atoms with Crippen LogP contribution >= 0.6 is 0 Å². The number of nitrogens with one attached hydrogen (secondary N) is 1. The number of hydrogen-bond donors (Lipinski definition) is 2. The van der Waals surface area contributed by atoms with Crippen molar-refractivity contribution in [1.82, 2.24) is 25.5 Å². The standard InChI is InChI=1S/C19H19N5O2/c1-12-6-8-13(9-7-12)19-21-23-24(22-19)11-17(26)20-18-15-5-3-2-4-14(15)10-16(18)25/h2-9,16,18,25H,10-11H2,1H3,(H,20,26). The molecular formula is C19H19N5O2. The number of fused-ring (bicyclic) bond motifs is 1. The van der Waals surface area contributed by atoms with Gasteiger partial charge in [0.1, 0.15) is 6.54 Å². The first kappa shape index (κ1) is 16.4. The summed E-state index contributed by atoms with van der Waals surface area (Å²) >= 11 is 0. The lowest BCUT2D eigenvalue weighted by atomic mass is 10.1. The molecule has 7 nitrogen and oxygen atoms in total. The quantitative estimate of drug-likeness (QED) is 0.743. The summed E-state index contributed by atoms with van der Waals surface area (Å²) in [7, 11) is 0. The normalized spacial score (nSPS) is 18.5. The summed E-state index contributed by atoms with van der Waals surface area (Å²) in [5, 5.41) is 25.3. The number of rotatable bonds is 4. The number of aromatic nitrogens is 4. The topological polar surface area (TPSA) is 92.9 Å². The molecule has 1 aromatic heterocycles. The van der Waals surface area contributed by atoms with Gasteiger partial charge in [0, 0.05) is 12.0 Å². The number of carbonyl (C=O) groups is 1. The highest BCUT2D eigenvalue weighted by atomic mass is 16.3. The van der Waals surface area contributed by atoms with Crippen LogP contribution in [0.4, 0.5) is 0 Å². The average Bonchev–Trinajstić information content (AvgIpc) is 3.21. The van der Waals surface area contributed by atoms with Crippen molar-refractivity contribution < 1.29 is 9.90 Å². The molecule has 0 saturated heterocycles. The zero-order valence-corrected chi connectivity index (χ0v) is 14.3. The summed E-state index contributed by atoms with van der Waals surface area (Å²) in [6.07, 6.45) is -0.0801. The van der Waals surface area contributed by atoms with Crippen LogP contribution in [0.1, 0.15) is 22.7 Å². The van der Waals surface area contributed by atoms with Crippen LogP contribution in [0, 0.1) is 6.92 Å². The maximum Gasteiger partial charge on any atom is 0.244 e. The monoisotopic (exact) mass is 349 g/mol. The number of aliphatic hydroxyl groups is 1. The molecular weight excluding hydrogens is 330 g/mol. The number of carbonyl (C=O) groups excluding carboxylic acids is 1. The second-order valence-corrected chi connectivity index (χ2v) is 6.52. The lowest BCUT2D eigenvalue weighted by Gasteiger charge is -2.17. The third kappa shape index (κ3) is 3.21. The van der Waals surface area contributed by atoms with Gasteiger partial charge in [-0.05, 0) is 23.3 Å². The van der Waals surface area contributed by atoms with Crippen molar-refractivity contribution in [1.29, 1.82) is 0 Å². The lowest BCUT2D eigenvalue weighted by molar-refractivity contribution is -0.123. The SMILES string of the molecule is Cc1ccc(-c2nnn(CC(=O)NC3c4ccccc4CC3O)n2)cc1. The van der Waals surface area contributed by atoms with Gasteiger partial charge in [-0.2, -0.15) is 4.80 Å². The molecule has 0 fully saturated rings. The minimum absolute atomic E-state index is 0.0513. The molecule has 0 aliphatic heterocycles. The predicted molar refractivity (Wildman–Crippen MR) is 95.0 cm³/mol. The van der Waals surface area contributed by atoms with Crippen LogP contribution in [-0.2, 0) is 17.8 Å². The Morgan fingerprint density at radius 3 is 2.81 bits per heavy atom. The Kier molecular flexibility index (Phi) is 4.22. The Morgan fingerprint density at radius 2 is 2.00 bits per heavy atom. The van der Waals surface area contributed by atoms with Gasteiger partial charge in [-0.15, -0.1) is 10.2 Å². The fraction of sp³-hybridized carbons (Fsp3) is 0.263. The first-order valence-electron chi connectivity index (χ1n) is 8.50. The molecule has 0 saturated carbocycles. The molecule has 1 aliphatic carbocycles. The zero-order valence-electron chi connectivity index (χ0n) is 14.3. The van der Waals surface area contributed by atoms with Crippen LogP contribution in [0.25, 0.3) is 11.4 Å². The van der Waals surface area contributed by atoms with Gasteiger partial charge in [-0.3, -0.25) is 4.79 Å². The fourth-order valence-corrected chi connectivity index (χ4v) is 3.22. The molecule has 2 N–H and O–H groups in total. The number of aryl methyl sites for hydroxylation is 1. The van der Waals surface area contributed by atoms with Gasteiger partial charge in [0.25, 0.3) is 0 Å².